The second-order valence-corrected chi connectivity index (χ2v) is 7.32. The Balaban J connectivity index is 1.66. The van der Waals surface area contributed by atoms with E-state index < -0.39 is 0 Å². The fourth-order valence-corrected chi connectivity index (χ4v) is 3.90. The van der Waals surface area contributed by atoms with Crippen LogP contribution in [-0.2, 0) is 9.47 Å². The number of hydrogen-bond acceptors (Lipinski definition) is 5. The van der Waals surface area contributed by atoms with E-state index in [1.807, 2.05) is 42.5 Å². The first-order valence-corrected chi connectivity index (χ1v) is 9.76. The summed E-state index contributed by atoms with van der Waals surface area (Å²) in [5, 5.41) is 10.4. The van der Waals surface area contributed by atoms with Crippen LogP contribution in [0.5, 0.6) is 0 Å². The van der Waals surface area contributed by atoms with E-state index in [1.165, 1.54) is 0 Å². The van der Waals surface area contributed by atoms with Gasteiger partial charge in [-0.2, -0.15) is 0 Å². The van der Waals surface area contributed by atoms with Gasteiger partial charge in [-0.15, -0.1) is 10.2 Å². The van der Waals surface area contributed by atoms with Crippen molar-refractivity contribution in [3.63, 3.8) is 0 Å². The first kappa shape index (κ1) is 17.5. The predicted molar refractivity (Wildman–Crippen MR) is 103 cm³/mol. The number of ether oxygens (including phenoxy) is 2. The number of rotatable bonds is 5. The smallest absolute Gasteiger partial charge is 0.196 e. The van der Waals surface area contributed by atoms with Crippen LogP contribution in [0, 0.1) is 0 Å². The monoisotopic (exact) mass is 387 g/mol. The summed E-state index contributed by atoms with van der Waals surface area (Å²) < 4.78 is 13.0. The van der Waals surface area contributed by atoms with Crippen molar-refractivity contribution in [3.05, 3.63) is 59.6 Å². The van der Waals surface area contributed by atoms with Gasteiger partial charge in [0.1, 0.15) is 6.79 Å². The van der Waals surface area contributed by atoms with E-state index >= 15 is 0 Å². The Hall–Kier alpha value is -1.86. The van der Waals surface area contributed by atoms with Gasteiger partial charge in [0.2, 0.25) is 0 Å². The third kappa shape index (κ3) is 3.94. The van der Waals surface area contributed by atoms with Crippen molar-refractivity contribution in [3.8, 4) is 17.1 Å². The maximum absolute atomic E-state index is 6.03. The van der Waals surface area contributed by atoms with Crippen LogP contribution >= 0.6 is 23.4 Å². The van der Waals surface area contributed by atoms with Gasteiger partial charge in [-0.25, -0.2) is 0 Å². The summed E-state index contributed by atoms with van der Waals surface area (Å²) in [6.45, 7) is 1.11. The standard InChI is InChI=1S/C19H18ClN3O2S/c20-15-8-6-14(7-9-15)18-21-22-19(23(18)16-4-2-1-3-5-16)26-12-17-10-11-24-13-25-17/h1-9,17H,10-13H2/t17-/m1/s1. The molecule has 3 aromatic rings. The van der Waals surface area contributed by atoms with Gasteiger partial charge in [0.05, 0.1) is 12.7 Å². The Morgan fingerprint density at radius 3 is 2.62 bits per heavy atom. The van der Waals surface area contributed by atoms with Gasteiger partial charge in [-0.1, -0.05) is 41.6 Å². The molecule has 26 heavy (non-hydrogen) atoms. The Bertz CT molecular complexity index is 849. The van der Waals surface area contributed by atoms with Crippen molar-refractivity contribution in [2.45, 2.75) is 17.7 Å². The van der Waals surface area contributed by atoms with Gasteiger partial charge in [0.25, 0.3) is 0 Å². The van der Waals surface area contributed by atoms with Crippen molar-refractivity contribution in [2.75, 3.05) is 19.2 Å². The van der Waals surface area contributed by atoms with E-state index in [2.05, 4.69) is 26.9 Å². The maximum Gasteiger partial charge on any atom is 0.196 e. The summed E-state index contributed by atoms with van der Waals surface area (Å²) >= 11 is 7.68. The van der Waals surface area contributed by atoms with Crippen molar-refractivity contribution >= 4 is 23.4 Å². The molecule has 134 valence electrons. The van der Waals surface area contributed by atoms with Gasteiger partial charge in [0, 0.05) is 22.0 Å². The van der Waals surface area contributed by atoms with Crippen LogP contribution in [-0.4, -0.2) is 40.0 Å². The minimum Gasteiger partial charge on any atom is -0.355 e. The van der Waals surface area contributed by atoms with Crippen molar-refractivity contribution < 1.29 is 9.47 Å². The van der Waals surface area contributed by atoms with E-state index in [0.29, 0.717) is 11.8 Å². The van der Waals surface area contributed by atoms with E-state index in [4.69, 9.17) is 21.1 Å². The highest BCUT2D eigenvalue weighted by atomic mass is 35.5. The summed E-state index contributed by atoms with van der Waals surface area (Å²) in [4.78, 5) is 0. The molecule has 0 radical (unpaired) electrons. The van der Waals surface area contributed by atoms with Crippen LogP contribution < -0.4 is 0 Å². The number of aromatic nitrogens is 3. The Kier molecular flexibility index (Phi) is 5.55. The zero-order chi connectivity index (χ0) is 17.8. The molecule has 1 aliphatic rings. The summed E-state index contributed by atoms with van der Waals surface area (Å²) in [7, 11) is 0. The first-order valence-electron chi connectivity index (χ1n) is 8.40. The second kappa shape index (κ2) is 8.22. The number of para-hydroxylation sites is 1. The Labute approximate surface area is 161 Å². The average molecular weight is 388 g/mol. The summed E-state index contributed by atoms with van der Waals surface area (Å²) in [6, 6.07) is 17.8. The van der Waals surface area contributed by atoms with Crippen molar-refractivity contribution in [1.29, 1.82) is 0 Å². The highest BCUT2D eigenvalue weighted by molar-refractivity contribution is 7.99. The molecule has 0 aliphatic carbocycles. The zero-order valence-electron chi connectivity index (χ0n) is 14.0. The lowest BCUT2D eigenvalue weighted by molar-refractivity contribution is -0.130. The fourth-order valence-electron chi connectivity index (χ4n) is 2.76. The van der Waals surface area contributed by atoms with E-state index in [1.54, 1.807) is 11.8 Å². The third-order valence-corrected chi connectivity index (χ3v) is 5.43. The van der Waals surface area contributed by atoms with E-state index in [9.17, 15) is 0 Å². The molecule has 2 heterocycles. The van der Waals surface area contributed by atoms with Crippen LogP contribution in [0.3, 0.4) is 0 Å². The van der Waals surface area contributed by atoms with E-state index in [-0.39, 0.29) is 6.10 Å². The molecule has 5 nitrogen and oxygen atoms in total. The molecule has 0 amide bonds. The number of benzene rings is 2. The molecule has 0 unspecified atom stereocenters. The lowest BCUT2D eigenvalue weighted by Gasteiger charge is -2.22. The number of hydrogen-bond donors (Lipinski definition) is 0. The lowest BCUT2D eigenvalue weighted by Crippen LogP contribution is -2.25. The summed E-state index contributed by atoms with van der Waals surface area (Å²) in [6.07, 6.45) is 1.07. The zero-order valence-corrected chi connectivity index (χ0v) is 15.6. The summed E-state index contributed by atoms with van der Waals surface area (Å²) in [5.41, 5.74) is 2.00. The maximum atomic E-state index is 6.03. The van der Waals surface area contributed by atoms with Gasteiger partial charge in [-0.05, 0) is 42.8 Å². The molecule has 1 fully saturated rings. The fraction of sp³-hybridized carbons (Fsp3) is 0.263. The van der Waals surface area contributed by atoms with Crippen LogP contribution in [0.25, 0.3) is 17.1 Å². The van der Waals surface area contributed by atoms with Crippen LogP contribution in [0.15, 0.2) is 59.8 Å². The predicted octanol–water partition coefficient (Wildman–Crippen LogP) is 4.44. The van der Waals surface area contributed by atoms with Crippen molar-refractivity contribution in [1.82, 2.24) is 14.8 Å². The molecule has 1 atom stereocenters. The second-order valence-electron chi connectivity index (χ2n) is 5.90. The molecular formula is C19H18ClN3O2S. The Morgan fingerprint density at radius 2 is 1.88 bits per heavy atom. The van der Waals surface area contributed by atoms with Gasteiger partial charge >= 0.3 is 0 Å². The molecule has 0 N–H and O–H groups in total. The third-order valence-electron chi connectivity index (χ3n) is 4.12. The molecule has 4 rings (SSSR count). The Morgan fingerprint density at radius 1 is 1.08 bits per heavy atom. The van der Waals surface area contributed by atoms with Gasteiger partial charge in [-0.3, -0.25) is 4.57 Å². The van der Waals surface area contributed by atoms with Crippen LogP contribution in [0.2, 0.25) is 5.02 Å². The molecule has 1 aromatic heterocycles. The average Bonchev–Trinajstić information content (AvgIpc) is 3.12. The van der Waals surface area contributed by atoms with Crippen LogP contribution in [0.1, 0.15) is 6.42 Å². The van der Waals surface area contributed by atoms with Crippen LogP contribution in [0.4, 0.5) is 0 Å². The number of halogens is 1. The normalized spacial score (nSPS) is 17.3. The van der Waals surface area contributed by atoms with Gasteiger partial charge < -0.3 is 9.47 Å². The minimum absolute atomic E-state index is 0.175. The summed E-state index contributed by atoms with van der Waals surface area (Å²) in [5.74, 6) is 1.61. The van der Waals surface area contributed by atoms with Gasteiger partial charge in [0.15, 0.2) is 11.0 Å². The quantitative estimate of drug-likeness (QED) is 0.605. The topological polar surface area (TPSA) is 49.2 Å². The SMILES string of the molecule is Clc1ccc(-c2nnc(SC[C@H]3CCOCO3)n2-c2ccccc2)cc1. The first-order chi connectivity index (χ1) is 12.8. The molecule has 0 saturated carbocycles. The molecular weight excluding hydrogens is 370 g/mol. The minimum atomic E-state index is 0.175. The molecule has 0 bridgehead atoms. The highest BCUT2D eigenvalue weighted by Crippen LogP contribution is 2.29. The molecule has 1 aliphatic heterocycles. The molecule has 2 aromatic carbocycles. The van der Waals surface area contributed by atoms with Crippen molar-refractivity contribution in [2.24, 2.45) is 0 Å². The largest absolute Gasteiger partial charge is 0.355 e. The molecule has 7 heteroatoms. The lowest BCUT2D eigenvalue weighted by atomic mass is 10.2. The number of nitrogens with zero attached hydrogens (tertiary/aromatic N) is 3. The highest BCUT2D eigenvalue weighted by Gasteiger charge is 2.19. The molecule has 0 spiro atoms. The van der Waals surface area contributed by atoms with E-state index in [0.717, 1.165) is 41.0 Å². The number of thioether (sulfide) groups is 1. The molecule has 1 saturated heterocycles.